The molecular formula is C22H32ClNO4. The Kier molecular flexibility index (Phi) is 7.86. The van der Waals surface area contributed by atoms with Crippen LogP contribution in [0.3, 0.4) is 0 Å². The molecule has 3 aliphatic rings. The summed E-state index contributed by atoms with van der Waals surface area (Å²) < 4.78 is 5.26. The van der Waals surface area contributed by atoms with E-state index in [1.807, 2.05) is 0 Å². The number of phenolic OH excluding ortho intramolecular Hbond substituents is 1. The van der Waals surface area contributed by atoms with Crippen molar-refractivity contribution in [1.29, 1.82) is 0 Å². The Balaban J connectivity index is 0.000000162. The first-order valence-corrected chi connectivity index (χ1v) is 11.1. The van der Waals surface area contributed by atoms with Crippen molar-refractivity contribution in [3.8, 4) is 11.5 Å². The number of fused-ring (bicyclic) bond motifs is 1. The molecule has 5 nitrogen and oxygen atoms in total. The Labute approximate surface area is 172 Å². The third kappa shape index (κ3) is 5.77. The lowest BCUT2D eigenvalue weighted by Gasteiger charge is -2.30. The van der Waals surface area contributed by atoms with Gasteiger partial charge in [0.05, 0.1) is 17.5 Å². The second kappa shape index (κ2) is 10.4. The standard InChI is InChI=1S/C12H23N.C10H9ClO4/c1-3-7-11(8-4-1)13-12-9-5-2-6-10-12;11-7-3-6-5(10(13)14)1-2-15-9(6)4-8(7)12/h11-13H,1-10H2;3-5,12H,1-2H2,(H,13,14). The van der Waals surface area contributed by atoms with Gasteiger partial charge in [-0.25, -0.2) is 0 Å². The number of aliphatic carboxylic acids is 1. The van der Waals surface area contributed by atoms with Crippen molar-refractivity contribution in [2.24, 2.45) is 0 Å². The third-order valence-corrected chi connectivity index (χ3v) is 6.40. The summed E-state index contributed by atoms with van der Waals surface area (Å²) in [6.45, 7) is 0.338. The largest absolute Gasteiger partial charge is 0.506 e. The zero-order chi connectivity index (χ0) is 19.9. The number of aromatic hydroxyl groups is 1. The zero-order valence-electron chi connectivity index (χ0n) is 16.5. The molecule has 0 spiro atoms. The van der Waals surface area contributed by atoms with Crippen LogP contribution in [0.15, 0.2) is 12.1 Å². The van der Waals surface area contributed by atoms with Crippen LogP contribution in [0.1, 0.15) is 82.1 Å². The number of nitrogens with one attached hydrogen (secondary N) is 1. The van der Waals surface area contributed by atoms with Crippen LogP contribution >= 0.6 is 11.6 Å². The number of ether oxygens (including phenoxy) is 1. The van der Waals surface area contributed by atoms with Crippen LogP contribution in [-0.2, 0) is 4.79 Å². The van der Waals surface area contributed by atoms with Crippen molar-refractivity contribution in [3.05, 3.63) is 22.7 Å². The summed E-state index contributed by atoms with van der Waals surface area (Å²) in [5, 5.41) is 22.3. The molecule has 1 heterocycles. The van der Waals surface area contributed by atoms with Crippen molar-refractivity contribution in [2.75, 3.05) is 6.61 Å². The average molecular weight is 410 g/mol. The van der Waals surface area contributed by atoms with Gasteiger partial charge in [-0.2, -0.15) is 0 Å². The lowest BCUT2D eigenvalue weighted by molar-refractivity contribution is -0.139. The van der Waals surface area contributed by atoms with Gasteiger partial charge in [-0.3, -0.25) is 4.79 Å². The van der Waals surface area contributed by atoms with Crippen LogP contribution in [0.25, 0.3) is 0 Å². The van der Waals surface area contributed by atoms with Crippen LogP contribution in [-0.4, -0.2) is 34.9 Å². The fourth-order valence-corrected chi connectivity index (χ4v) is 4.70. The van der Waals surface area contributed by atoms with E-state index in [1.165, 1.54) is 76.3 Å². The molecule has 28 heavy (non-hydrogen) atoms. The highest BCUT2D eigenvalue weighted by Crippen LogP contribution is 2.39. The highest BCUT2D eigenvalue weighted by atomic mass is 35.5. The Morgan fingerprint density at radius 2 is 1.54 bits per heavy atom. The van der Waals surface area contributed by atoms with Crippen LogP contribution < -0.4 is 10.1 Å². The van der Waals surface area contributed by atoms with Crippen molar-refractivity contribution in [3.63, 3.8) is 0 Å². The molecule has 1 unspecified atom stereocenters. The molecule has 4 rings (SSSR count). The summed E-state index contributed by atoms with van der Waals surface area (Å²) in [7, 11) is 0. The molecule has 156 valence electrons. The Morgan fingerprint density at radius 3 is 2.07 bits per heavy atom. The van der Waals surface area contributed by atoms with Gasteiger partial charge in [0.1, 0.15) is 11.5 Å². The predicted octanol–water partition coefficient (Wildman–Crippen LogP) is 5.24. The maximum atomic E-state index is 11.0. The third-order valence-electron chi connectivity index (χ3n) is 6.10. The number of carbonyl (C=O) groups is 1. The molecule has 1 atom stereocenters. The van der Waals surface area contributed by atoms with Crippen molar-refractivity contribution >= 4 is 17.6 Å². The summed E-state index contributed by atoms with van der Waals surface area (Å²) >= 11 is 5.72. The number of hydrogen-bond acceptors (Lipinski definition) is 4. The molecule has 1 aliphatic heterocycles. The first-order valence-electron chi connectivity index (χ1n) is 10.7. The number of rotatable bonds is 3. The molecule has 2 saturated carbocycles. The molecule has 2 fully saturated rings. The van der Waals surface area contributed by atoms with Crippen molar-refractivity contribution in [2.45, 2.75) is 88.6 Å². The van der Waals surface area contributed by atoms with Gasteiger partial charge < -0.3 is 20.3 Å². The summed E-state index contributed by atoms with van der Waals surface area (Å²) in [5.41, 5.74) is 0.525. The molecule has 1 aromatic carbocycles. The first-order chi connectivity index (χ1) is 13.5. The molecule has 0 amide bonds. The summed E-state index contributed by atoms with van der Waals surface area (Å²) in [4.78, 5) is 11.0. The maximum absolute atomic E-state index is 11.0. The molecule has 3 N–H and O–H groups in total. The normalized spacial score (nSPS) is 23.1. The minimum atomic E-state index is -0.902. The minimum Gasteiger partial charge on any atom is -0.506 e. The maximum Gasteiger partial charge on any atom is 0.311 e. The Hall–Kier alpha value is -1.46. The fourth-order valence-electron chi connectivity index (χ4n) is 4.53. The van der Waals surface area contributed by atoms with E-state index in [9.17, 15) is 9.90 Å². The Bertz CT molecular complexity index is 638. The van der Waals surface area contributed by atoms with Gasteiger partial charge in [-0.1, -0.05) is 50.1 Å². The van der Waals surface area contributed by atoms with Gasteiger partial charge in [0.25, 0.3) is 0 Å². The lowest BCUT2D eigenvalue weighted by atomic mass is 9.91. The SMILES string of the molecule is C1CCC(NC2CCCCC2)CC1.O=C(O)C1CCOc2cc(O)c(Cl)cc21. The number of halogens is 1. The monoisotopic (exact) mass is 409 g/mol. The van der Waals surface area contributed by atoms with Gasteiger partial charge in [-0.15, -0.1) is 0 Å². The van der Waals surface area contributed by atoms with Crippen LogP contribution in [0, 0.1) is 0 Å². The van der Waals surface area contributed by atoms with E-state index in [2.05, 4.69) is 5.32 Å². The number of carboxylic acids is 1. The molecule has 0 bridgehead atoms. The highest BCUT2D eigenvalue weighted by molar-refractivity contribution is 6.32. The molecular weight excluding hydrogens is 378 g/mol. The quantitative estimate of drug-likeness (QED) is 0.636. The van der Waals surface area contributed by atoms with E-state index in [-0.39, 0.29) is 10.8 Å². The second-order valence-electron chi connectivity index (χ2n) is 8.21. The van der Waals surface area contributed by atoms with Gasteiger partial charge in [0.2, 0.25) is 0 Å². The van der Waals surface area contributed by atoms with Crippen LogP contribution in [0.5, 0.6) is 11.5 Å². The van der Waals surface area contributed by atoms with E-state index in [4.69, 9.17) is 21.4 Å². The summed E-state index contributed by atoms with van der Waals surface area (Å²) in [5.74, 6) is -1.20. The minimum absolute atomic E-state index is 0.0959. The molecule has 6 heteroatoms. The fraction of sp³-hybridized carbons (Fsp3) is 0.682. The van der Waals surface area contributed by atoms with E-state index < -0.39 is 11.9 Å². The van der Waals surface area contributed by atoms with Crippen LogP contribution in [0.4, 0.5) is 0 Å². The van der Waals surface area contributed by atoms with Crippen LogP contribution in [0.2, 0.25) is 5.02 Å². The van der Waals surface area contributed by atoms with E-state index in [0.717, 1.165) is 12.1 Å². The Morgan fingerprint density at radius 1 is 0.964 bits per heavy atom. The topological polar surface area (TPSA) is 78.8 Å². The van der Waals surface area contributed by atoms with Gasteiger partial charge in [-0.05, 0) is 38.2 Å². The van der Waals surface area contributed by atoms with Crippen molar-refractivity contribution in [1.82, 2.24) is 5.32 Å². The van der Waals surface area contributed by atoms with E-state index in [0.29, 0.717) is 24.3 Å². The predicted molar refractivity (Wildman–Crippen MR) is 110 cm³/mol. The van der Waals surface area contributed by atoms with Gasteiger partial charge >= 0.3 is 5.97 Å². The van der Waals surface area contributed by atoms with Gasteiger partial charge in [0, 0.05) is 23.7 Å². The average Bonchev–Trinajstić information content (AvgIpc) is 2.70. The number of benzene rings is 1. The molecule has 2 aliphatic carbocycles. The first kappa shape index (κ1) is 21.3. The smallest absolute Gasteiger partial charge is 0.311 e. The second-order valence-corrected chi connectivity index (χ2v) is 8.61. The number of hydrogen-bond donors (Lipinski definition) is 3. The molecule has 1 aromatic rings. The molecule has 0 saturated heterocycles. The highest BCUT2D eigenvalue weighted by Gasteiger charge is 2.28. The summed E-state index contributed by atoms with van der Waals surface area (Å²) in [6.07, 6.45) is 15.0. The number of phenols is 1. The number of carboxylic acid groups (broad SMARTS) is 1. The zero-order valence-corrected chi connectivity index (χ0v) is 17.2. The van der Waals surface area contributed by atoms with E-state index in [1.54, 1.807) is 0 Å². The lowest BCUT2D eigenvalue weighted by Crippen LogP contribution is -2.40. The van der Waals surface area contributed by atoms with Crippen molar-refractivity contribution < 1.29 is 19.7 Å². The molecule has 0 radical (unpaired) electrons. The van der Waals surface area contributed by atoms with Gasteiger partial charge in [0.15, 0.2) is 0 Å². The van der Waals surface area contributed by atoms with E-state index >= 15 is 0 Å². The molecule has 0 aromatic heterocycles. The summed E-state index contributed by atoms with van der Waals surface area (Å²) in [6, 6.07) is 4.55.